The van der Waals surface area contributed by atoms with Gasteiger partial charge in [-0.1, -0.05) is 6.07 Å². The molecule has 4 heterocycles. The van der Waals surface area contributed by atoms with Crippen LogP contribution in [0.3, 0.4) is 0 Å². The van der Waals surface area contributed by atoms with Crippen molar-refractivity contribution in [1.82, 2.24) is 26.1 Å². The van der Waals surface area contributed by atoms with E-state index in [-0.39, 0.29) is 24.2 Å². The smallest absolute Gasteiger partial charge is 0.228 e. The lowest BCUT2D eigenvalue weighted by atomic mass is 9.69. The lowest BCUT2D eigenvalue weighted by Gasteiger charge is -2.47. The number of ether oxygens (including phenoxy) is 1. The molecule has 0 aromatic carbocycles. The summed E-state index contributed by atoms with van der Waals surface area (Å²) < 4.78 is 5.50. The van der Waals surface area contributed by atoms with Crippen molar-refractivity contribution in [1.29, 1.82) is 0 Å². The molecule has 4 aliphatic rings. The lowest BCUT2D eigenvalue weighted by molar-refractivity contribution is -0.132. The van der Waals surface area contributed by atoms with E-state index in [1.54, 1.807) is 0 Å². The maximum atomic E-state index is 12.7. The van der Waals surface area contributed by atoms with Crippen LogP contribution in [0, 0.1) is 11.8 Å². The van der Waals surface area contributed by atoms with Crippen LogP contribution in [-0.4, -0.2) is 54.0 Å². The van der Waals surface area contributed by atoms with Crippen molar-refractivity contribution in [3.63, 3.8) is 0 Å². The minimum Gasteiger partial charge on any atom is -0.381 e. The molecule has 26 heavy (non-hydrogen) atoms. The van der Waals surface area contributed by atoms with Crippen molar-refractivity contribution in [2.24, 2.45) is 11.8 Å². The molecule has 1 aromatic rings. The normalized spacial score (nSPS) is 38.5. The molecule has 1 aromatic heterocycles. The Morgan fingerprint density at radius 2 is 2.00 bits per heavy atom. The number of hydrogen-bond acceptors (Lipinski definition) is 6. The maximum absolute atomic E-state index is 12.7. The Hall–Kier alpha value is -1.54. The minimum absolute atomic E-state index is 0.0201. The first-order valence-corrected chi connectivity index (χ1v) is 9.88. The number of hydrazine groups is 1. The summed E-state index contributed by atoms with van der Waals surface area (Å²) in [7, 11) is 0. The van der Waals surface area contributed by atoms with Crippen LogP contribution < -0.4 is 16.1 Å². The van der Waals surface area contributed by atoms with Gasteiger partial charge in [0.25, 0.3) is 0 Å². The maximum Gasteiger partial charge on any atom is 0.228 e. The van der Waals surface area contributed by atoms with E-state index in [0.29, 0.717) is 24.4 Å². The molecule has 5 rings (SSSR count). The summed E-state index contributed by atoms with van der Waals surface area (Å²) in [6.45, 7) is 2.32. The van der Waals surface area contributed by atoms with Gasteiger partial charge in [-0.25, -0.2) is 5.01 Å². The van der Waals surface area contributed by atoms with E-state index in [9.17, 15) is 4.79 Å². The van der Waals surface area contributed by atoms with Crippen LogP contribution in [0.5, 0.6) is 0 Å². The molecular formula is C19H27N5O2. The molecule has 0 bridgehead atoms. The Morgan fingerprint density at radius 3 is 2.73 bits per heavy atom. The number of carbonyl (C=O) groups is 1. The van der Waals surface area contributed by atoms with E-state index in [0.717, 1.165) is 44.6 Å². The third kappa shape index (κ3) is 2.83. The van der Waals surface area contributed by atoms with Gasteiger partial charge in [-0.15, -0.1) is 0 Å². The second kappa shape index (κ2) is 6.88. The number of hydrogen-bond donors (Lipinski definition) is 3. The molecule has 0 radical (unpaired) electrons. The molecule has 4 fully saturated rings. The lowest BCUT2D eigenvalue weighted by Crippen LogP contribution is -2.68. The average Bonchev–Trinajstić information content (AvgIpc) is 3.07. The first-order valence-electron chi connectivity index (χ1n) is 9.88. The Bertz CT molecular complexity index is 651. The summed E-state index contributed by atoms with van der Waals surface area (Å²) in [6.07, 6.45) is 6.26. The number of aromatic nitrogens is 1. The first-order chi connectivity index (χ1) is 12.8. The summed E-state index contributed by atoms with van der Waals surface area (Å²) in [5, 5.41) is 9.30. The fraction of sp³-hybridized carbons (Fsp3) is 0.684. The highest BCUT2D eigenvalue weighted by Crippen LogP contribution is 2.44. The summed E-state index contributed by atoms with van der Waals surface area (Å²) >= 11 is 0. The summed E-state index contributed by atoms with van der Waals surface area (Å²) in [5.74, 6) is 0.985. The number of rotatable bonds is 3. The number of fused-ring (bicyclic) bond motifs is 1. The molecule has 0 spiro atoms. The molecule has 140 valence electrons. The molecule has 1 amide bonds. The van der Waals surface area contributed by atoms with Crippen LogP contribution in [0.4, 0.5) is 0 Å². The van der Waals surface area contributed by atoms with Crippen molar-refractivity contribution < 1.29 is 9.53 Å². The van der Waals surface area contributed by atoms with Gasteiger partial charge in [0.2, 0.25) is 5.91 Å². The molecule has 3 N–H and O–H groups in total. The Kier molecular flexibility index (Phi) is 4.40. The van der Waals surface area contributed by atoms with Crippen LogP contribution in [-0.2, 0) is 9.53 Å². The van der Waals surface area contributed by atoms with E-state index >= 15 is 0 Å². The van der Waals surface area contributed by atoms with E-state index in [2.05, 4.69) is 32.1 Å². The van der Waals surface area contributed by atoms with Crippen LogP contribution >= 0.6 is 0 Å². The van der Waals surface area contributed by atoms with Crippen LogP contribution in [0.1, 0.15) is 37.3 Å². The highest BCUT2D eigenvalue weighted by Gasteiger charge is 2.50. The van der Waals surface area contributed by atoms with Gasteiger partial charge in [-0.2, -0.15) is 0 Å². The summed E-state index contributed by atoms with van der Waals surface area (Å²) in [5.41, 5.74) is 4.63. The zero-order valence-corrected chi connectivity index (χ0v) is 14.9. The predicted molar refractivity (Wildman–Crippen MR) is 95.7 cm³/mol. The summed E-state index contributed by atoms with van der Waals surface area (Å²) in [4.78, 5) is 17.3. The number of nitrogens with one attached hydrogen (secondary N) is 3. The van der Waals surface area contributed by atoms with E-state index in [1.807, 2.05) is 18.3 Å². The van der Waals surface area contributed by atoms with Crippen molar-refractivity contribution in [2.75, 3.05) is 19.8 Å². The van der Waals surface area contributed by atoms with Crippen molar-refractivity contribution in [3.8, 4) is 0 Å². The van der Waals surface area contributed by atoms with Gasteiger partial charge in [-0.05, 0) is 37.8 Å². The molecular weight excluding hydrogens is 330 g/mol. The highest BCUT2D eigenvalue weighted by atomic mass is 16.5. The molecule has 7 heteroatoms. The number of nitrogens with zero attached hydrogens (tertiary/aromatic N) is 2. The highest BCUT2D eigenvalue weighted by molar-refractivity contribution is 5.81. The van der Waals surface area contributed by atoms with Crippen molar-refractivity contribution in [2.45, 2.75) is 50.0 Å². The van der Waals surface area contributed by atoms with Gasteiger partial charge in [0.15, 0.2) is 0 Å². The Labute approximate surface area is 153 Å². The van der Waals surface area contributed by atoms with E-state index in [1.165, 1.54) is 0 Å². The second-order valence-electron chi connectivity index (χ2n) is 7.92. The molecule has 7 nitrogen and oxygen atoms in total. The zero-order chi connectivity index (χ0) is 17.5. The van der Waals surface area contributed by atoms with Gasteiger partial charge in [-0.3, -0.25) is 20.5 Å². The molecule has 3 aliphatic heterocycles. The third-order valence-corrected chi connectivity index (χ3v) is 6.57. The van der Waals surface area contributed by atoms with Crippen LogP contribution in [0.25, 0.3) is 0 Å². The fourth-order valence-corrected chi connectivity index (χ4v) is 4.96. The monoisotopic (exact) mass is 357 g/mol. The van der Waals surface area contributed by atoms with Gasteiger partial charge in [0.1, 0.15) is 0 Å². The molecule has 1 saturated carbocycles. The molecule has 3 unspecified atom stereocenters. The third-order valence-electron chi connectivity index (χ3n) is 6.57. The summed E-state index contributed by atoms with van der Waals surface area (Å²) in [6, 6.07) is 6.55. The van der Waals surface area contributed by atoms with Crippen LogP contribution in [0.15, 0.2) is 24.4 Å². The first kappa shape index (κ1) is 16.6. The van der Waals surface area contributed by atoms with Crippen molar-refractivity contribution in [3.05, 3.63) is 30.1 Å². The number of amides is 1. The number of pyridine rings is 1. The zero-order valence-electron chi connectivity index (χ0n) is 14.9. The van der Waals surface area contributed by atoms with Gasteiger partial charge in [0.05, 0.1) is 18.2 Å². The predicted octanol–water partition coefficient (Wildman–Crippen LogP) is 0.562. The SMILES string of the molecule is O=C1NC([C@@H]2CC[C@H]2c2ccccn2)NC2C1CNN2C1CCOCC1. The van der Waals surface area contributed by atoms with Gasteiger partial charge >= 0.3 is 0 Å². The largest absolute Gasteiger partial charge is 0.381 e. The van der Waals surface area contributed by atoms with E-state index in [4.69, 9.17) is 4.74 Å². The van der Waals surface area contributed by atoms with Crippen molar-refractivity contribution >= 4 is 5.91 Å². The van der Waals surface area contributed by atoms with Gasteiger partial charge in [0, 0.05) is 49.5 Å². The Morgan fingerprint density at radius 1 is 1.12 bits per heavy atom. The molecule has 3 saturated heterocycles. The van der Waals surface area contributed by atoms with Crippen LogP contribution in [0.2, 0.25) is 0 Å². The standard InChI is InChI=1S/C19H27N5O2/c25-19-15-11-21-24(12-6-9-26-10-7-12)18(15)22-17(23-19)14-5-4-13(14)16-3-1-2-8-20-16/h1-3,8,12-15,17-18,21-22H,4-7,9-11H2,(H,23,25)/t13-,14-,15?,17?,18?/m1/s1. The number of carbonyl (C=O) groups excluding carboxylic acids is 1. The molecule has 1 aliphatic carbocycles. The fourth-order valence-electron chi connectivity index (χ4n) is 4.96. The quantitative estimate of drug-likeness (QED) is 0.734. The van der Waals surface area contributed by atoms with E-state index < -0.39 is 0 Å². The topological polar surface area (TPSA) is 78.5 Å². The Balaban J connectivity index is 1.31. The molecule has 5 atom stereocenters. The van der Waals surface area contributed by atoms with Gasteiger partial charge < -0.3 is 10.1 Å². The minimum atomic E-state index is -0.0255. The average molecular weight is 357 g/mol. The second-order valence-corrected chi connectivity index (χ2v) is 7.92.